The molecule has 138 valence electrons. The van der Waals surface area contributed by atoms with Crippen LogP contribution in [0.25, 0.3) is 11.4 Å². The smallest absolute Gasteiger partial charge is 0.254 e. The highest BCUT2D eigenvalue weighted by Crippen LogP contribution is 2.33. The third-order valence-electron chi connectivity index (χ3n) is 4.66. The Balaban J connectivity index is 1.58. The number of hydrogen-bond acceptors (Lipinski definition) is 5. The van der Waals surface area contributed by atoms with Gasteiger partial charge >= 0.3 is 0 Å². The summed E-state index contributed by atoms with van der Waals surface area (Å²) in [4.78, 5) is 19.0. The average molecular weight is 367 g/mol. The van der Waals surface area contributed by atoms with Gasteiger partial charge in [-0.2, -0.15) is 4.98 Å². The number of carbonyl (C=O) groups excluding carboxylic acids is 1. The minimum atomic E-state index is -0.371. The molecule has 1 saturated heterocycles. The molecule has 27 heavy (non-hydrogen) atoms. The van der Waals surface area contributed by atoms with E-state index in [0.717, 1.165) is 18.4 Å². The number of halogens is 1. The molecule has 1 aliphatic heterocycles. The Morgan fingerprint density at radius 3 is 2.85 bits per heavy atom. The summed E-state index contributed by atoms with van der Waals surface area (Å²) in [6.45, 7) is 0.595. The van der Waals surface area contributed by atoms with E-state index in [2.05, 4.69) is 10.1 Å². The number of methoxy groups -OCH3 is 1. The zero-order chi connectivity index (χ0) is 18.8. The second kappa shape index (κ2) is 7.19. The van der Waals surface area contributed by atoms with Gasteiger partial charge in [-0.3, -0.25) is 4.79 Å². The van der Waals surface area contributed by atoms with Crippen molar-refractivity contribution in [1.29, 1.82) is 0 Å². The van der Waals surface area contributed by atoms with Gasteiger partial charge in [-0.15, -0.1) is 0 Å². The SMILES string of the molecule is COc1cccc(-c2noc([C@@H]3CCCN3C(=O)c3ccc(F)cc3)n2)c1. The van der Waals surface area contributed by atoms with Crippen LogP contribution in [0.3, 0.4) is 0 Å². The summed E-state index contributed by atoms with van der Waals surface area (Å²) >= 11 is 0. The Morgan fingerprint density at radius 2 is 2.07 bits per heavy atom. The Hall–Kier alpha value is -3.22. The molecule has 0 bridgehead atoms. The van der Waals surface area contributed by atoms with Crippen LogP contribution in [0, 0.1) is 5.82 Å². The summed E-state index contributed by atoms with van der Waals surface area (Å²) < 4.78 is 23.8. The van der Waals surface area contributed by atoms with Gasteiger partial charge in [0.05, 0.1) is 7.11 Å². The molecule has 0 spiro atoms. The fraction of sp³-hybridized carbons (Fsp3) is 0.250. The number of hydrogen-bond donors (Lipinski definition) is 0. The fourth-order valence-electron chi connectivity index (χ4n) is 3.27. The Labute approximate surface area is 155 Å². The van der Waals surface area contributed by atoms with Gasteiger partial charge in [-0.1, -0.05) is 17.3 Å². The molecule has 2 heterocycles. The van der Waals surface area contributed by atoms with Crippen molar-refractivity contribution in [1.82, 2.24) is 15.0 Å². The lowest BCUT2D eigenvalue weighted by molar-refractivity contribution is 0.0710. The molecule has 2 aromatic carbocycles. The quantitative estimate of drug-likeness (QED) is 0.700. The monoisotopic (exact) mass is 367 g/mol. The van der Waals surface area contributed by atoms with E-state index in [4.69, 9.17) is 9.26 Å². The number of nitrogens with zero attached hydrogens (tertiary/aromatic N) is 3. The van der Waals surface area contributed by atoms with E-state index in [9.17, 15) is 9.18 Å². The molecule has 0 saturated carbocycles. The number of aromatic nitrogens is 2. The predicted octanol–water partition coefficient (Wildman–Crippen LogP) is 3.86. The molecular formula is C20H18FN3O3. The Kier molecular flexibility index (Phi) is 4.58. The summed E-state index contributed by atoms with van der Waals surface area (Å²) in [5.74, 6) is 1.02. The number of carbonyl (C=O) groups is 1. The summed E-state index contributed by atoms with van der Waals surface area (Å²) in [5.41, 5.74) is 1.22. The molecule has 0 radical (unpaired) electrons. The predicted molar refractivity (Wildman–Crippen MR) is 95.7 cm³/mol. The van der Waals surface area contributed by atoms with Crippen molar-refractivity contribution < 1.29 is 18.4 Å². The van der Waals surface area contributed by atoms with Crippen LogP contribution >= 0.6 is 0 Å². The largest absolute Gasteiger partial charge is 0.497 e. The fourth-order valence-corrected chi connectivity index (χ4v) is 3.27. The molecule has 1 aromatic heterocycles. The van der Waals surface area contributed by atoms with E-state index in [1.165, 1.54) is 24.3 Å². The van der Waals surface area contributed by atoms with Crippen LogP contribution in [0.15, 0.2) is 53.1 Å². The molecule has 1 atom stereocenters. The van der Waals surface area contributed by atoms with Crippen molar-refractivity contribution in [2.24, 2.45) is 0 Å². The van der Waals surface area contributed by atoms with Gasteiger partial charge in [0.2, 0.25) is 11.7 Å². The van der Waals surface area contributed by atoms with E-state index >= 15 is 0 Å². The van der Waals surface area contributed by atoms with Crippen LogP contribution in [0.4, 0.5) is 4.39 Å². The molecule has 4 rings (SSSR count). The second-order valence-electron chi connectivity index (χ2n) is 6.35. The minimum absolute atomic E-state index is 0.168. The van der Waals surface area contributed by atoms with E-state index < -0.39 is 0 Å². The van der Waals surface area contributed by atoms with Crippen molar-refractivity contribution in [3.8, 4) is 17.1 Å². The van der Waals surface area contributed by atoms with E-state index in [-0.39, 0.29) is 17.8 Å². The van der Waals surface area contributed by atoms with Crippen molar-refractivity contribution in [2.45, 2.75) is 18.9 Å². The van der Waals surface area contributed by atoms with E-state index in [0.29, 0.717) is 29.6 Å². The van der Waals surface area contributed by atoms with Gasteiger partial charge in [0, 0.05) is 17.7 Å². The molecule has 1 fully saturated rings. The molecular weight excluding hydrogens is 349 g/mol. The van der Waals surface area contributed by atoms with Gasteiger partial charge in [0.1, 0.15) is 17.6 Å². The number of likely N-dealkylation sites (tertiary alicyclic amines) is 1. The van der Waals surface area contributed by atoms with Crippen LogP contribution in [0.1, 0.15) is 35.1 Å². The Bertz CT molecular complexity index is 955. The summed E-state index contributed by atoms with van der Waals surface area (Å²) in [6.07, 6.45) is 1.58. The van der Waals surface area contributed by atoms with Crippen LogP contribution < -0.4 is 4.74 Å². The molecule has 1 aliphatic rings. The Morgan fingerprint density at radius 1 is 1.26 bits per heavy atom. The maximum Gasteiger partial charge on any atom is 0.254 e. The second-order valence-corrected chi connectivity index (χ2v) is 6.35. The van der Waals surface area contributed by atoms with Crippen molar-refractivity contribution in [3.63, 3.8) is 0 Å². The van der Waals surface area contributed by atoms with Gasteiger partial charge in [0.15, 0.2) is 0 Å². The third-order valence-corrected chi connectivity index (χ3v) is 4.66. The zero-order valence-electron chi connectivity index (χ0n) is 14.8. The molecule has 6 nitrogen and oxygen atoms in total. The first-order valence-electron chi connectivity index (χ1n) is 8.70. The maximum absolute atomic E-state index is 13.1. The first-order valence-corrected chi connectivity index (χ1v) is 8.70. The highest BCUT2D eigenvalue weighted by molar-refractivity contribution is 5.94. The highest BCUT2D eigenvalue weighted by atomic mass is 19.1. The number of benzene rings is 2. The van der Waals surface area contributed by atoms with E-state index in [1.54, 1.807) is 12.0 Å². The molecule has 0 N–H and O–H groups in total. The number of rotatable bonds is 4. The van der Waals surface area contributed by atoms with Crippen molar-refractivity contribution in [3.05, 3.63) is 65.8 Å². The molecule has 1 amide bonds. The lowest BCUT2D eigenvalue weighted by Gasteiger charge is -2.21. The van der Waals surface area contributed by atoms with Crippen LogP contribution in [-0.4, -0.2) is 34.6 Å². The lowest BCUT2D eigenvalue weighted by atomic mass is 10.1. The topological polar surface area (TPSA) is 68.5 Å². The number of amides is 1. The van der Waals surface area contributed by atoms with Gasteiger partial charge in [-0.05, 0) is 49.2 Å². The summed E-state index contributed by atoms with van der Waals surface area (Å²) in [5, 5.41) is 4.06. The van der Waals surface area contributed by atoms with Crippen molar-refractivity contribution >= 4 is 5.91 Å². The summed E-state index contributed by atoms with van der Waals surface area (Å²) in [7, 11) is 1.60. The first-order chi connectivity index (χ1) is 13.2. The zero-order valence-corrected chi connectivity index (χ0v) is 14.8. The first kappa shape index (κ1) is 17.2. The van der Waals surface area contributed by atoms with E-state index in [1.807, 2.05) is 24.3 Å². The third kappa shape index (κ3) is 3.40. The van der Waals surface area contributed by atoms with Crippen LogP contribution in [0.5, 0.6) is 5.75 Å². The normalized spacial score (nSPS) is 16.5. The standard InChI is InChI=1S/C20H18FN3O3/c1-26-16-5-2-4-14(12-16)18-22-19(27-23-18)17-6-3-11-24(17)20(25)13-7-9-15(21)10-8-13/h2,4-5,7-10,12,17H,3,6,11H2,1H3/t17-/m0/s1. The van der Waals surface area contributed by atoms with Gasteiger partial charge in [0.25, 0.3) is 5.91 Å². The molecule has 3 aromatic rings. The molecule has 0 unspecified atom stereocenters. The molecule has 0 aliphatic carbocycles. The maximum atomic E-state index is 13.1. The average Bonchev–Trinajstić information content (AvgIpc) is 3.37. The number of ether oxygens (including phenoxy) is 1. The van der Waals surface area contributed by atoms with Gasteiger partial charge in [-0.25, -0.2) is 4.39 Å². The van der Waals surface area contributed by atoms with Crippen LogP contribution in [0.2, 0.25) is 0 Å². The lowest BCUT2D eigenvalue weighted by Crippen LogP contribution is -2.30. The van der Waals surface area contributed by atoms with Crippen LogP contribution in [-0.2, 0) is 0 Å². The van der Waals surface area contributed by atoms with Crippen molar-refractivity contribution in [2.75, 3.05) is 13.7 Å². The minimum Gasteiger partial charge on any atom is -0.497 e. The van der Waals surface area contributed by atoms with Gasteiger partial charge < -0.3 is 14.2 Å². The highest BCUT2D eigenvalue weighted by Gasteiger charge is 2.34. The molecule has 7 heteroatoms. The summed E-state index contributed by atoms with van der Waals surface area (Å²) in [6, 6.07) is 12.6.